The molecule has 4 aromatic rings. The number of hydrogen-bond acceptors (Lipinski definition) is 7. The Morgan fingerprint density at radius 1 is 1.03 bits per heavy atom. The van der Waals surface area contributed by atoms with Crippen molar-refractivity contribution in [3.8, 4) is 11.6 Å². The van der Waals surface area contributed by atoms with Crippen LogP contribution in [-0.2, 0) is 11.3 Å². The Balaban J connectivity index is 1.31. The Hall–Kier alpha value is -3.49. The van der Waals surface area contributed by atoms with Crippen LogP contribution in [0.25, 0.3) is 22.8 Å². The minimum Gasteiger partial charge on any atom is -0.461 e. The summed E-state index contributed by atoms with van der Waals surface area (Å²) in [5.41, 5.74) is 4.62. The van der Waals surface area contributed by atoms with Gasteiger partial charge in [0.1, 0.15) is 0 Å². The van der Waals surface area contributed by atoms with Gasteiger partial charge in [0.15, 0.2) is 11.4 Å². The topological polar surface area (TPSA) is 71.9 Å². The largest absolute Gasteiger partial charge is 0.461 e. The number of ether oxygens (including phenoxy) is 1. The van der Waals surface area contributed by atoms with Crippen molar-refractivity contribution in [3.63, 3.8) is 0 Å². The van der Waals surface area contributed by atoms with Crippen molar-refractivity contribution in [1.82, 2.24) is 24.5 Å². The molecule has 3 aromatic heterocycles. The molecular formula is C27H30N6O2. The van der Waals surface area contributed by atoms with Crippen LogP contribution in [0.5, 0.6) is 0 Å². The molecule has 2 aliphatic heterocycles. The Kier molecular flexibility index (Phi) is 5.83. The molecule has 2 aliphatic rings. The lowest BCUT2D eigenvalue weighted by Crippen LogP contribution is -2.46. The van der Waals surface area contributed by atoms with Crippen LogP contribution >= 0.6 is 0 Å². The average Bonchev–Trinajstić information content (AvgIpc) is 3.55. The predicted molar refractivity (Wildman–Crippen MR) is 135 cm³/mol. The fourth-order valence-electron chi connectivity index (χ4n) is 5.10. The zero-order valence-electron chi connectivity index (χ0n) is 20.2. The van der Waals surface area contributed by atoms with Gasteiger partial charge in [-0.3, -0.25) is 4.90 Å². The number of morpholine rings is 1. The molecule has 180 valence electrons. The Labute approximate surface area is 204 Å². The molecule has 8 heteroatoms. The SMILES string of the molecule is CC1CN(c2ncc(CN3CC=C(c4ccccc4)CC3)c3nc(-c4ccco4)nn23)CC(C)O1. The van der Waals surface area contributed by atoms with E-state index in [1.54, 1.807) is 6.26 Å². The van der Waals surface area contributed by atoms with E-state index in [0.29, 0.717) is 11.6 Å². The van der Waals surface area contributed by atoms with Gasteiger partial charge in [0, 0.05) is 44.5 Å². The lowest BCUT2D eigenvalue weighted by molar-refractivity contribution is -0.00584. The molecular weight excluding hydrogens is 440 g/mol. The summed E-state index contributed by atoms with van der Waals surface area (Å²) >= 11 is 0. The van der Waals surface area contributed by atoms with Crippen molar-refractivity contribution in [3.05, 3.63) is 72.1 Å². The van der Waals surface area contributed by atoms with Gasteiger partial charge in [0.25, 0.3) is 0 Å². The summed E-state index contributed by atoms with van der Waals surface area (Å²) in [6.07, 6.45) is 7.24. The Bertz CT molecular complexity index is 1320. The van der Waals surface area contributed by atoms with Gasteiger partial charge in [-0.25, -0.2) is 9.97 Å². The van der Waals surface area contributed by atoms with Gasteiger partial charge in [0.05, 0.1) is 18.5 Å². The molecule has 1 saturated heterocycles. The molecule has 0 saturated carbocycles. The number of anilines is 1. The minimum atomic E-state index is 0.127. The van der Waals surface area contributed by atoms with Crippen LogP contribution in [-0.4, -0.2) is 62.9 Å². The van der Waals surface area contributed by atoms with Crippen molar-refractivity contribution >= 4 is 17.2 Å². The van der Waals surface area contributed by atoms with E-state index >= 15 is 0 Å². The molecule has 0 spiro atoms. The van der Waals surface area contributed by atoms with Crippen LogP contribution in [0.1, 0.15) is 31.4 Å². The first kappa shape index (κ1) is 22.0. The standard InChI is InChI=1S/C27H30N6O2/c1-19-16-32(17-20(2)35-19)27-28-15-23(26-29-25(30-33(26)27)24-9-6-14-34-24)18-31-12-10-22(11-13-31)21-7-4-3-5-8-21/h3-10,14-15,19-20H,11-13,16-18H2,1-2H3. The van der Waals surface area contributed by atoms with Gasteiger partial charge in [-0.1, -0.05) is 36.4 Å². The van der Waals surface area contributed by atoms with Crippen LogP contribution in [0, 0.1) is 0 Å². The molecule has 0 radical (unpaired) electrons. The van der Waals surface area contributed by atoms with E-state index in [1.165, 1.54) is 11.1 Å². The van der Waals surface area contributed by atoms with Crippen molar-refractivity contribution in [1.29, 1.82) is 0 Å². The zero-order valence-corrected chi connectivity index (χ0v) is 20.2. The maximum absolute atomic E-state index is 5.94. The summed E-state index contributed by atoms with van der Waals surface area (Å²) in [6.45, 7) is 8.38. The second-order valence-electron chi connectivity index (χ2n) is 9.47. The number of benzene rings is 1. The van der Waals surface area contributed by atoms with Gasteiger partial charge < -0.3 is 14.1 Å². The monoisotopic (exact) mass is 470 g/mol. The molecule has 0 N–H and O–H groups in total. The summed E-state index contributed by atoms with van der Waals surface area (Å²) in [5, 5.41) is 4.82. The summed E-state index contributed by atoms with van der Waals surface area (Å²) in [4.78, 5) is 14.5. The van der Waals surface area contributed by atoms with Crippen LogP contribution in [0.4, 0.5) is 5.95 Å². The second-order valence-corrected chi connectivity index (χ2v) is 9.47. The molecule has 1 aromatic carbocycles. The first-order chi connectivity index (χ1) is 17.1. The fourth-order valence-corrected chi connectivity index (χ4v) is 5.10. The van der Waals surface area contributed by atoms with E-state index in [-0.39, 0.29) is 12.2 Å². The maximum atomic E-state index is 5.94. The van der Waals surface area contributed by atoms with Gasteiger partial charge in [-0.2, -0.15) is 4.52 Å². The Morgan fingerprint density at radius 2 is 1.86 bits per heavy atom. The highest BCUT2D eigenvalue weighted by Crippen LogP contribution is 2.27. The predicted octanol–water partition coefficient (Wildman–Crippen LogP) is 4.29. The molecule has 0 aliphatic carbocycles. The molecule has 6 rings (SSSR count). The third-order valence-electron chi connectivity index (χ3n) is 6.70. The first-order valence-corrected chi connectivity index (χ1v) is 12.3. The van der Waals surface area contributed by atoms with Gasteiger partial charge in [0.2, 0.25) is 11.8 Å². The molecule has 8 nitrogen and oxygen atoms in total. The Morgan fingerprint density at radius 3 is 2.57 bits per heavy atom. The number of rotatable bonds is 5. The van der Waals surface area contributed by atoms with Crippen LogP contribution in [0.3, 0.4) is 0 Å². The number of fused-ring (bicyclic) bond motifs is 1. The summed E-state index contributed by atoms with van der Waals surface area (Å²) in [6, 6.07) is 14.4. The minimum absolute atomic E-state index is 0.127. The van der Waals surface area contributed by atoms with E-state index in [2.05, 4.69) is 60.1 Å². The third-order valence-corrected chi connectivity index (χ3v) is 6.70. The molecule has 2 atom stereocenters. The number of furan rings is 1. The van der Waals surface area contributed by atoms with E-state index in [4.69, 9.17) is 24.2 Å². The van der Waals surface area contributed by atoms with Crippen LogP contribution in [0.2, 0.25) is 0 Å². The highest BCUT2D eigenvalue weighted by atomic mass is 16.5. The normalized spacial score (nSPS) is 21.4. The van der Waals surface area contributed by atoms with Crippen molar-refractivity contribution in [2.45, 2.75) is 39.0 Å². The maximum Gasteiger partial charge on any atom is 0.228 e. The lowest BCUT2D eigenvalue weighted by Gasteiger charge is -2.35. The third kappa shape index (κ3) is 4.47. The summed E-state index contributed by atoms with van der Waals surface area (Å²) in [7, 11) is 0. The zero-order chi connectivity index (χ0) is 23.8. The first-order valence-electron chi connectivity index (χ1n) is 12.3. The van der Waals surface area contributed by atoms with E-state index in [9.17, 15) is 0 Å². The van der Waals surface area contributed by atoms with Gasteiger partial charge >= 0.3 is 0 Å². The van der Waals surface area contributed by atoms with E-state index in [1.807, 2.05) is 22.8 Å². The smallest absolute Gasteiger partial charge is 0.228 e. The molecule has 2 unspecified atom stereocenters. The molecule has 0 bridgehead atoms. The van der Waals surface area contributed by atoms with Crippen molar-refractivity contribution < 1.29 is 9.15 Å². The molecule has 1 fully saturated rings. The molecule has 35 heavy (non-hydrogen) atoms. The molecule has 0 amide bonds. The average molecular weight is 471 g/mol. The van der Waals surface area contributed by atoms with E-state index in [0.717, 1.165) is 56.3 Å². The van der Waals surface area contributed by atoms with Crippen molar-refractivity contribution in [2.24, 2.45) is 0 Å². The summed E-state index contributed by atoms with van der Waals surface area (Å²) in [5.74, 6) is 2.02. The van der Waals surface area contributed by atoms with Gasteiger partial charge in [-0.15, -0.1) is 5.10 Å². The number of hydrogen-bond donors (Lipinski definition) is 0. The highest BCUT2D eigenvalue weighted by Gasteiger charge is 2.27. The lowest BCUT2D eigenvalue weighted by atomic mass is 9.99. The fraction of sp³-hybridized carbons (Fsp3) is 0.370. The highest BCUT2D eigenvalue weighted by molar-refractivity contribution is 5.66. The van der Waals surface area contributed by atoms with E-state index < -0.39 is 0 Å². The van der Waals surface area contributed by atoms with Crippen molar-refractivity contribution in [2.75, 3.05) is 31.1 Å². The second kappa shape index (κ2) is 9.28. The number of nitrogens with zero attached hydrogens (tertiary/aromatic N) is 6. The number of aromatic nitrogens is 4. The van der Waals surface area contributed by atoms with Crippen LogP contribution < -0.4 is 4.90 Å². The molecule has 5 heterocycles. The quantitative estimate of drug-likeness (QED) is 0.431. The summed E-state index contributed by atoms with van der Waals surface area (Å²) < 4.78 is 13.4. The van der Waals surface area contributed by atoms with Crippen LogP contribution in [0.15, 0.2) is 65.4 Å². The van der Waals surface area contributed by atoms with Gasteiger partial charge in [-0.05, 0) is 43.5 Å².